The number of hydrogen-bond donors (Lipinski definition) is 3. The van der Waals surface area contributed by atoms with Gasteiger partial charge in [-0.3, -0.25) is 4.90 Å². The molecule has 0 radical (unpaired) electrons. The molecule has 0 aromatic rings. The summed E-state index contributed by atoms with van der Waals surface area (Å²) in [5, 5.41) is 28.8. The molecular weight excluding hydrogens is 254 g/mol. The minimum absolute atomic E-state index is 0.193. The zero-order chi connectivity index (χ0) is 15.3. The summed E-state index contributed by atoms with van der Waals surface area (Å²) >= 11 is 0. The van der Waals surface area contributed by atoms with Crippen molar-refractivity contribution in [2.24, 2.45) is 0 Å². The second-order valence-electron chi connectivity index (χ2n) is 5.81. The fraction of sp³-hybridized carbons (Fsp3) is 1.00. The molecule has 0 aromatic heterocycles. The van der Waals surface area contributed by atoms with Gasteiger partial charge < -0.3 is 15.3 Å². The highest BCUT2D eigenvalue weighted by atomic mass is 16.3. The van der Waals surface area contributed by atoms with Crippen LogP contribution in [0.1, 0.15) is 65.2 Å². The average molecular weight is 289 g/mol. The Bertz CT molecular complexity index is 188. The van der Waals surface area contributed by atoms with E-state index in [9.17, 15) is 15.3 Å². The lowest BCUT2D eigenvalue weighted by atomic mass is 9.98. The lowest BCUT2D eigenvalue weighted by Crippen LogP contribution is -2.57. The van der Waals surface area contributed by atoms with Crippen molar-refractivity contribution in [2.75, 3.05) is 32.9 Å². The summed E-state index contributed by atoms with van der Waals surface area (Å²) in [6.45, 7) is 5.47. The molecule has 0 unspecified atom stereocenters. The van der Waals surface area contributed by atoms with E-state index in [1.165, 1.54) is 38.5 Å². The van der Waals surface area contributed by atoms with Gasteiger partial charge in [-0.2, -0.15) is 0 Å². The normalized spacial score (nSPS) is 12.3. The predicted molar refractivity (Wildman–Crippen MR) is 83.8 cm³/mol. The highest BCUT2D eigenvalue weighted by Gasteiger charge is 2.34. The lowest BCUT2D eigenvalue weighted by molar-refractivity contribution is -0.0491. The van der Waals surface area contributed by atoms with Gasteiger partial charge in [0, 0.05) is 0 Å². The van der Waals surface area contributed by atoms with E-state index < -0.39 is 5.54 Å². The Hall–Kier alpha value is -0.160. The first-order valence-electron chi connectivity index (χ1n) is 8.28. The van der Waals surface area contributed by atoms with Gasteiger partial charge in [0.05, 0.1) is 25.4 Å². The molecule has 4 heteroatoms. The van der Waals surface area contributed by atoms with Crippen molar-refractivity contribution in [3.8, 4) is 0 Å². The first-order chi connectivity index (χ1) is 9.70. The first-order valence-corrected chi connectivity index (χ1v) is 8.28. The van der Waals surface area contributed by atoms with E-state index in [-0.39, 0.29) is 19.8 Å². The van der Waals surface area contributed by atoms with Gasteiger partial charge in [0.25, 0.3) is 0 Å². The van der Waals surface area contributed by atoms with E-state index >= 15 is 0 Å². The van der Waals surface area contributed by atoms with E-state index in [0.717, 1.165) is 25.9 Å². The number of rotatable bonds is 14. The SMILES string of the molecule is CCCCCCN(CCCCCC)C(CO)(CO)CO. The van der Waals surface area contributed by atoms with Crippen LogP contribution in [-0.4, -0.2) is 58.7 Å². The standard InChI is InChI=1S/C16H35NO3/c1-3-5-7-9-11-17(12-10-8-6-4-2)16(13-18,14-19)15-20/h18-20H,3-15H2,1-2H3. The van der Waals surface area contributed by atoms with Crippen LogP contribution in [0.25, 0.3) is 0 Å². The molecule has 0 rings (SSSR count). The Morgan fingerprint density at radius 3 is 1.35 bits per heavy atom. The molecule has 4 nitrogen and oxygen atoms in total. The molecule has 122 valence electrons. The molecule has 0 aliphatic carbocycles. The van der Waals surface area contributed by atoms with Crippen molar-refractivity contribution >= 4 is 0 Å². The smallest absolute Gasteiger partial charge is 0.0906 e. The molecular formula is C16H35NO3. The second-order valence-corrected chi connectivity index (χ2v) is 5.81. The Kier molecular flexibility index (Phi) is 12.5. The summed E-state index contributed by atoms with van der Waals surface area (Å²) in [6.07, 6.45) is 9.28. The Morgan fingerprint density at radius 1 is 0.650 bits per heavy atom. The van der Waals surface area contributed by atoms with Crippen LogP contribution in [0.4, 0.5) is 0 Å². The minimum atomic E-state index is -0.863. The van der Waals surface area contributed by atoms with Gasteiger partial charge >= 0.3 is 0 Å². The Labute approximate surface area is 124 Å². The number of aliphatic hydroxyl groups excluding tert-OH is 3. The Morgan fingerprint density at radius 2 is 1.05 bits per heavy atom. The quantitative estimate of drug-likeness (QED) is 0.429. The van der Waals surface area contributed by atoms with Crippen molar-refractivity contribution in [3.05, 3.63) is 0 Å². The summed E-state index contributed by atoms with van der Waals surface area (Å²) in [7, 11) is 0. The van der Waals surface area contributed by atoms with Crippen LogP contribution in [0.5, 0.6) is 0 Å². The highest BCUT2D eigenvalue weighted by molar-refractivity contribution is 4.89. The van der Waals surface area contributed by atoms with Crippen molar-refractivity contribution < 1.29 is 15.3 Å². The minimum Gasteiger partial charge on any atom is -0.394 e. The fourth-order valence-corrected chi connectivity index (χ4v) is 2.50. The van der Waals surface area contributed by atoms with Gasteiger partial charge in [-0.25, -0.2) is 0 Å². The largest absolute Gasteiger partial charge is 0.394 e. The maximum Gasteiger partial charge on any atom is 0.0906 e. The van der Waals surface area contributed by atoms with E-state index in [0.29, 0.717) is 0 Å². The highest BCUT2D eigenvalue weighted by Crippen LogP contribution is 2.17. The van der Waals surface area contributed by atoms with Gasteiger partial charge in [0.1, 0.15) is 0 Å². The van der Waals surface area contributed by atoms with Gasteiger partial charge in [-0.05, 0) is 25.9 Å². The maximum atomic E-state index is 9.59. The second kappa shape index (κ2) is 12.6. The molecule has 0 fully saturated rings. The molecule has 0 heterocycles. The molecule has 0 aliphatic heterocycles. The molecule has 0 saturated heterocycles. The third-order valence-electron chi connectivity index (χ3n) is 4.12. The topological polar surface area (TPSA) is 63.9 Å². The summed E-state index contributed by atoms with van der Waals surface area (Å²) in [5.41, 5.74) is -0.863. The van der Waals surface area contributed by atoms with Crippen LogP contribution in [0.15, 0.2) is 0 Å². The molecule has 20 heavy (non-hydrogen) atoms. The fourth-order valence-electron chi connectivity index (χ4n) is 2.50. The van der Waals surface area contributed by atoms with Crippen LogP contribution in [0, 0.1) is 0 Å². The van der Waals surface area contributed by atoms with Crippen LogP contribution in [-0.2, 0) is 0 Å². The molecule has 0 bridgehead atoms. The van der Waals surface area contributed by atoms with Gasteiger partial charge in [0.2, 0.25) is 0 Å². The molecule has 3 N–H and O–H groups in total. The number of aliphatic hydroxyl groups is 3. The van der Waals surface area contributed by atoms with Gasteiger partial charge in [-0.15, -0.1) is 0 Å². The summed E-state index contributed by atoms with van der Waals surface area (Å²) in [4.78, 5) is 2.10. The third kappa shape index (κ3) is 7.02. The third-order valence-corrected chi connectivity index (χ3v) is 4.12. The predicted octanol–water partition coefficient (Wildman–Crippen LogP) is 2.16. The molecule has 0 amide bonds. The molecule has 0 aromatic carbocycles. The van der Waals surface area contributed by atoms with Crippen LogP contribution >= 0.6 is 0 Å². The van der Waals surface area contributed by atoms with Gasteiger partial charge in [-0.1, -0.05) is 52.4 Å². The Balaban J connectivity index is 4.42. The van der Waals surface area contributed by atoms with Crippen molar-refractivity contribution in [1.82, 2.24) is 4.90 Å². The number of hydrogen-bond acceptors (Lipinski definition) is 4. The van der Waals surface area contributed by atoms with Crippen molar-refractivity contribution in [3.63, 3.8) is 0 Å². The molecule has 0 atom stereocenters. The van der Waals surface area contributed by atoms with Crippen molar-refractivity contribution in [1.29, 1.82) is 0 Å². The number of nitrogens with zero attached hydrogens (tertiary/aromatic N) is 1. The van der Waals surface area contributed by atoms with Crippen LogP contribution in [0.3, 0.4) is 0 Å². The zero-order valence-electron chi connectivity index (χ0n) is 13.5. The number of unbranched alkanes of at least 4 members (excludes halogenated alkanes) is 6. The lowest BCUT2D eigenvalue weighted by Gasteiger charge is -2.40. The monoisotopic (exact) mass is 289 g/mol. The molecule has 0 spiro atoms. The van der Waals surface area contributed by atoms with Crippen LogP contribution in [0.2, 0.25) is 0 Å². The zero-order valence-corrected chi connectivity index (χ0v) is 13.5. The molecule has 0 aliphatic rings. The van der Waals surface area contributed by atoms with Gasteiger partial charge in [0.15, 0.2) is 0 Å². The average Bonchev–Trinajstić information content (AvgIpc) is 2.49. The summed E-state index contributed by atoms with van der Waals surface area (Å²) in [5.74, 6) is 0. The van der Waals surface area contributed by atoms with Crippen molar-refractivity contribution in [2.45, 2.75) is 70.8 Å². The van der Waals surface area contributed by atoms with E-state index in [4.69, 9.17) is 0 Å². The van der Waals surface area contributed by atoms with Crippen LogP contribution < -0.4 is 0 Å². The summed E-state index contributed by atoms with van der Waals surface area (Å²) in [6, 6.07) is 0. The van der Waals surface area contributed by atoms with E-state index in [1.54, 1.807) is 0 Å². The first kappa shape index (κ1) is 19.8. The maximum absolute atomic E-state index is 9.59. The molecule has 0 saturated carbocycles. The summed E-state index contributed by atoms with van der Waals surface area (Å²) < 4.78 is 0. The van der Waals surface area contributed by atoms with E-state index in [2.05, 4.69) is 18.7 Å². The van der Waals surface area contributed by atoms with E-state index in [1.807, 2.05) is 0 Å².